The summed E-state index contributed by atoms with van der Waals surface area (Å²) in [6.45, 7) is 2.52. The van der Waals surface area contributed by atoms with E-state index in [1.807, 2.05) is 0 Å². The quantitative estimate of drug-likeness (QED) is 0.809. The van der Waals surface area contributed by atoms with Crippen molar-refractivity contribution in [3.63, 3.8) is 0 Å². The topological polar surface area (TPSA) is 27.1 Å². The Hall–Kier alpha value is -1.13. The second-order valence-corrected chi connectivity index (χ2v) is 5.67. The van der Waals surface area contributed by atoms with Crippen molar-refractivity contribution < 1.29 is 9.13 Å². The molecule has 1 aromatic heterocycles. The number of benzene rings is 1. The Morgan fingerprint density at radius 1 is 1.45 bits per heavy atom. The van der Waals surface area contributed by atoms with E-state index in [0.717, 1.165) is 37.5 Å². The molecular weight excluding hydrogens is 279 g/mol. The first-order chi connectivity index (χ1) is 9.78. The number of alkyl halides is 1. The van der Waals surface area contributed by atoms with Crippen molar-refractivity contribution in [2.75, 3.05) is 19.1 Å². The first kappa shape index (κ1) is 13.8. The SMILES string of the molecule is Fc1ccc2c(c1)nc(CCCl)n2CC1CCCOC1. The molecule has 0 amide bonds. The Morgan fingerprint density at radius 2 is 2.35 bits per heavy atom. The van der Waals surface area contributed by atoms with Crippen molar-refractivity contribution in [3.05, 3.63) is 29.8 Å². The zero-order valence-electron chi connectivity index (χ0n) is 11.3. The monoisotopic (exact) mass is 296 g/mol. The van der Waals surface area contributed by atoms with Crippen LogP contribution in [0.15, 0.2) is 18.2 Å². The minimum atomic E-state index is -0.249. The molecule has 3 nitrogen and oxygen atoms in total. The van der Waals surface area contributed by atoms with Crippen molar-refractivity contribution >= 4 is 22.6 Å². The second kappa shape index (κ2) is 6.10. The van der Waals surface area contributed by atoms with Gasteiger partial charge in [0.15, 0.2) is 0 Å². The maximum Gasteiger partial charge on any atom is 0.125 e. The first-order valence-corrected chi connectivity index (χ1v) is 7.60. The normalized spacial score (nSPS) is 19.6. The number of imidazole rings is 1. The highest BCUT2D eigenvalue weighted by Gasteiger charge is 2.18. The molecule has 0 aliphatic carbocycles. The molecule has 1 fully saturated rings. The van der Waals surface area contributed by atoms with Crippen LogP contribution in [0.3, 0.4) is 0 Å². The van der Waals surface area contributed by atoms with Gasteiger partial charge in [0.05, 0.1) is 17.6 Å². The molecule has 1 unspecified atom stereocenters. The first-order valence-electron chi connectivity index (χ1n) is 7.06. The molecule has 2 aromatic rings. The number of aryl methyl sites for hydroxylation is 1. The number of hydrogen-bond donors (Lipinski definition) is 0. The predicted molar refractivity (Wildman–Crippen MR) is 77.7 cm³/mol. The zero-order valence-corrected chi connectivity index (χ0v) is 12.1. The lowest BCUT2D eigenvalue weighted by Gasteiger charge is -2.23. The molecule has 3 rings (SSSR count). The van der Waals surface area contributed by atoms with Gasteiger partial charge < -0.3 is 9.30 Å². The average Bonchev–Trinajstić information content (AvgIpc) is 2.77. The van der Waals surface area contributed by atoms with Gasteiger partial charge in [0.2, 0.25) is 0 Å². The van der Waals surface area contributed by atoms with Crippen molar-refractivity contribution in [2.45, 2.75) is 25.8 Å². The Labute approximate surface area is 122 Å². The molecule has 108 valence electrons. The highest BCUT2D eigenvalue weighted by Crippen LogP contribution is 2.23. The van der Waals surface area contributed by atoms with Crippen LogP contribution in [0.2, 0.25) is 0 Å². The van der Waals surface area contributed by atoms with Crippen molar-refractivity contribution in [2.24, 2.45) is 5.92 Å². The summed E-state index contributed by atoms with van der Waals surface area (Å²) in [5.41, 5.74) is 1.69. The minimum Gasteiger partial charge on any atom is -0.381 e. The van der Waals surface area contributed by atoms with Crippen molar-refractivity contribution in [1.29, 1.82) is 0 Å². The van der Waals surface area contributed by atoms with E-state index in [1.54, 1.807) is 6.07 Å². The van der Waals surface area contributed by atoms with Gasteiger partial charge in [0, 0.05) is 37.4 Å². The van der Waals surface area contributed by atoms with Crippen molar-refractivity contribution in [3.8, 4) is 0 Å². The fourth-order valence-electron chi connectivity index (χ4n) is 2.84. The summed E-state index contributed by atoms with van der Waals surface area (Å²) in [6, 6.07) is 4.78. The van der Waals surface area contributed by atoms with Crippen LogP contribution in [0.4, 0.5) is 4.39 Å². The van der Waals surface area contributed by atoms with Gasteiger partial charge in [-0.25, -0.2) is 9.37 Å². The van der Waals surface area contributed by atoms with E-state index in [-0.39, 0.29) is 5.82 Å². The molecule has 1 aromatic carbocycles. The van der Waals surface area contributed by atoms with E-state index in [9.17, 15) is 4.39 Å². The molecule has 0 saturated carbocycles. The van der Waals surface area contributed by atoms with E-state index >= 15 is 0 Å². The number of rotatable bonds is 4. The number of fused-ring (bicyclic) bond motifs is 1. The largest absolute Gasteiger partial charge is 0.381 e. The second-order valence-electron chi connectivity index (χ2n) is 5.29. The van der Waals surface area contributed by atoms with Gasteiger partial charge in [0.25, 0.3) is 0 Å². The Balaban J connectivity index is 1.95. The maximum atomic E-state index is 13.3. The van der Waals surface area contributed by atoms with Crippen LogP contribution in [0, 0.1) is 11.7 Å². The summed E-state index contributed by atoms with van der Waals surface area (Å²) >= 11 is 5.86. The predicted octanol–water partition coefficient (Wildman–Crippen LogP) is 3.38. The molecule has 1 aliphatic heterocycles. The van der Waals surface area contributed by atoms with Gasteiger partial charge in [-0.05, 0) is 25.0 Å². The van der Waals surface area contributed by atoms with E-state index in [4.69, 9.17) is 16.3 Å². The molecule has 2 heterocycles. The summed E-state index contributed by atoms with van der Waals surface area (Å²) in [5, 5.41) is 0. The van der Waals surface area contributed by atoms with Gasteiger partial charge in [-0.3, -0.25) is 0 Å². The van der Waals surface area contributed by atoms with Gasteiger partial charge in [-0.1, -0.05) is 0 Å². The third kappa shape index (κ3) is 2.81. The van der Waals surface area contributed by atoms with E-state index in [1.165, 1.54) is 18.6 Å². The molecule has 20 heavy (non-hydrogen) atoms. The molecule has 0 N–H and O–H groups in total. The van der Waals surface area contributed by atoms with Gasteiger partial charge in [-0.2, -0.15) is 0 Å². The average molecular weight is 297 g/mol. The maximum absolute atomic E-state index is 13.3. The fraction of sp³-hybridized carbons (Fsp3) is 0.533. The van der Waals surface area contributed by atoms with Crippen LogP contribution >= 0.6 is 11.6 Å². The minimum absolute atomic E-state index is 0.249. The zero-order chi connectivity index (χ0) is 13.9. The van der Waals surface area contributed by atoms with Crippen LogP contribution in [-0.4, -0.2) is 28.6 Å². The van der Waals surface area contributed by atoms with Crippen LogP contribution in [0.1, 0.15) is 18.7 Å². The van der Waals surface area contributed by atoms with Crippen LogP contribution in [0.5, 0.6) is 0 Å². The Morgan fingerprint density at radius 3 is 3.10 bits per heavy atom. The highest BCUT2D eigenvalue weighted by molar-refractivity contribution is 6.17. The van der Waals surface area contributed by atoms with Crippen LogP contribution in [-0.2, 0) is 17.7 Å². The molecule has 1 atom stereocenters. The third-order valence-electron chi connectivity index (χ3n) is 3.80. The Kier molecular flexibility index (Phi) is 4.22. The third-order valence-corrected chi connectivity index (χ3v) is 3.99. The summed E-state index contributed by atoms with van der Waals surface area (Å²) in [6.07, 6.45) is 2.98. The molecule has 1 saturated heterocycles. The van der Waals surface area contributed by atoms with E-state index in [0.29, 0.717) is 23.7 Å². The number of halogens is 2. The molecule has 5 heteroatoms. The molecule has 0 spiro atoms. The van der Waals surface area contributed by atoms with Gasteiger partial charge in [-0.15, -0.1) is 11.6 Å². The van der Waals surface area contributed by atoms with Gasteiger partial charge in [0.1, 0.15) is 11.6 Å². The van der Waals surface area contributed by atoms with Crippen LogP contribution < -0.4 is 0 Å². The lowest BCUT2D eigenvalue weighted by molar-refractivity contribution is 0.0485. The summed E-state index contributed by atoms with van der Waals surface area (Å²) < 4.78 is 21.0. The summed E-state index contributed by atoms with van der Waals surface area (Å²) in [7, 11) is 0. The number of hydrogen-bond acceptors (Lipinski definition) is 2. The lowest BCUT2D eigenvalue weighted by Crippen LogP contribution is -2.23. The van der Waals surface area contributed by atoms with E-state index in [2.05, 4.69) is 9.55 Å². The number of aromatic nitrogens is 2. The Bertz CT molecular complexity index is 593. The number of ether oxygens (including phenoxy) is 1. The highest BCUT2D eigenvalue weighted by atomic mass is 35.5. The summed E-state index contributed by atoms with van der Waals surface area (Å²) in [4.78, 5) is 4.53. The smallest absolute Gasteiger partial charge is 0.125 e. The number of nitrogens with zero attached hydrogens (tertiary/aromatic N) is 2. The fourth-order valence-corrected chi connectivity index (χ4v) is 3.01. The lowest BCUT2D eigenvalue weighted by atomic mass is 10.0. The molecule has 0 radical (unpaired) electrons. The molecule has 1 aliphatic rings. The molecular formula is C15H18ClFN2O. The molecule has 0 bridgehead atoms. The standard InChI is InChI=1S/C15H18ClFN2O/c16-6-5-15-18-13-8-12(17)3-4-14(13)19(15)9-11-2-1-7-20-10-11/h3-4,8,11H,1-2,5-7,9-10H2. The van der Waals surface area contributed by atoms with Crippen molar-refractivity contribution in [1.82, 2.24) is 9.55 Å². The van der Waals surface area contributed by atoms with Crippen LogP contribution in [0.25, 0.3) is 11.0 Å². The van der Waals surface area contributed by atoms with E-state index < -0.39 is 0 Å². The summed E-state index contributed by atoms with van der Waals surface area (Å²) in [5.74, 6) is 1.71. The van der Waals surface area contributed by atoms with Gasteiger partial charge >= 0.3 is 0 Å².